The van der Waals surface area contributed by atoms with E-state index in [1.54, 1.807) is 7.11 Å². The molecule has 2 rings (SSSR count). The molecular formula is C14H19NO3. The lowest BCUT2D eigenvalue weighted by Gasteiger charge is -2.22. The first-order chi connectivity index (χ1) is 8.61. The minimum atomic E-state index is -0.723. The predicted molar refractivity (Wildman–Crippen MR) is 68.8 cm³/mol. The van der Waals surface area contributed by atoms with Gasteiger partial charge in [-0.2, -0.15) is 0 Å². The molecule has 1 saturated heterocycles. The lowest BCUT2D eigenvalue weighted by atomic mass is 10.1. The number of aryl methyl sites for hydroxylation is 1. The lowest BCUT2D eigenvalue weighted by molar-refractivity contribution is -0.142. The van der Waals surface area contributed by atoms with Crippen LogP contribution in [0.5, 0.6) is 5.75 Å². The summed E-state index contributed by atoms with van der Waals surface area (Å²) < 4.78 is 5.33. The number of carboxylic acids is 1. The molecule has 1 fully saturated rings. The summed E-state index contributed by atoms with van der Waals surface area (Å²) in [5.74, 6) is 0.107. The first-order valence-corrected chi connectivity index (χ1v) is 6.22. The van der Waals surface area contributed by atoms with Gasteiger partial charge in [-0.05, 0) is 32.4 Å². The van der Waals surface area contributed by atoms with Crippen LogP contribution in [0.3, 0.4) is 0 Å². The summed E-state index contributed by atoms with van der Waals surface area (Å²) >= 11 is 0. The number of hydrogen-bond donors (Lipinski definition) is 1. The normalized spacial score (nSPS) is 20.0. The SMILES string of the molecule is COc1ccc(C)cc1CN1CCCC1C(=O)O. The van der Waals surface area contributed by atoms with Gasteiger partial charge >= 0.3 is 5.97 Å². The zero-order valence-electron chi connectivity index (χ0n) is 10.8. The van der Waals surface area contributed by atoms with Gasteiger partial charge < -0.3 is 9.84 Å². The Kier molecular flexibility index (Phi) is 3.87. The maximum Gasteiger partial charge on any atom is 0.320 e. The first kappa shape index (κ1) is 12.9. The molecule has 1 N–H and O–H groups in total. The van der Waals surface area contributed by atoms with E-state index in [1.807, 2.05) is 24.0 Å². The molecule has 0 bridgehead atoms. The highest BCUT2D eigenvalue weighted by atomic mass is 16.5. The van der Waals surface area contributed by atoms with Crippen molar-refractivity contribution in [3.63, 3.8) is 0 Å². The van der Waals surface area contributed by atoms with E-state index in [0.29, 0.717) is 6.54 Å². The van der Waals surface area contributed by atoms with E-state index in [1.165, 1.54) is 0 Å². The molecule has 0 spiro atoms. The molecule has 0 saturated carbocycles. The Morgan fingerprint density at radius 1 is 1.56 bits per heavy atom. The lowest BCUT2D eigenvalue weighted by Crippen LogP contribution is -2.35. The van der Waals surface area contributed by atoms with Crippen molar-refractivity contribution < 1.29 is 14.6 Å². The molecule has 18 heavy (non-hydrogen) atoms. The zero-order chi connectivity index (χ0) is 13.1. The van der Waals surface area contributed by atoms with Crippen molar-refractivity contribution >= 4 is 5.97 Å². The largest absolute Gasteiger partial charge is 0.496 e. The summed E-state index contributed by atoms with van der Waals surface area (Å²) in [4.78, 5) is 13.2. The van der Waals surface area contributed by atoms with Crippen molar-refractivity contribution in [2.45, 2.75) is 32.4 Å². The average Bonchev–Trinajstić information content (AvgIpc) is 2.77. The molecule has 98 valence electrons. The van der Waals surface area contributed by atoms with Crippen molar-refractivity contribution in [2.75, 3.05) is 13.7 Å². The maximum atomic E-state index is 11.2. The topological polar surface area (TPSA) is 49.8 Å². The third-order valence-corrected chi connectivity index (χ3v) is 3.46. The van der Waals surface area contributed by atoms with Crippen molar-refractivity contribution in [3.05, 3.63) is 29.3 Å². The quantitative estimate of drug-likeness (QED) is 0.887. The van der Waals surface area contributed by atoms with Crippen LogP contribution in [-0.4, -0.2) is 35.7 Å². The zero-order valence-corrected chi connectivity index (χ0v) is 10.8. The van der Waals surface area contributed by atoms with E-state index < -0.39 is 5.97 Å². The molecule has 1 aliphatic rings. The number of hydrogen-bond acceptors (Lipinski definition) is 3. The highest BCUT2D eigenvalue weighted by Crippen LogP contribution is 2.26. The summed E-state index contributed by atoms with van der Waals surface area (Å²) in [6.07, 6.45) is 1.69. The Morgan fingerprint density at radius 3 is 3.00 bits per heavy atom. The first-order valence-electron chi connectivity index (χ1n) is 6.22. The maximum absolute atomic E-state index is 11.2. The summed E-state index contributed by atoms with van der Waals surface area (Å²) in [6.45, 7) is 3.51. The second-order valence-electron chi connectivity index (χ2n) is 4.78. The van der Waals surface area contributed by atoms with Gasteiger partial charge in [-0.25, -0.2) is 0 Å². The Bertz CT molecular complexity index is 445. The Morgan fingerprint density at radius 2 is 2.33 bits per heavy atom. The molecule has 0 aliphatic carbocycles. The Labute approximate surface area is 107 Å². The minimum absolute atomic E-state index is 0.352. The second kappa shape index (κ2) is 5.40. The number of ether oxygens (including phenoxy) is 1. The summed E-state index contributed by atoms with van der Waals surface area (Å²) in [6, 6.07) is 5.66. The highest BCUT2D eigenvalue weighted by molar-refractivity contribution is 5.73. The van der Waals surface area contributed by atoms with Gasteiger partial charge in [0.25, 0.3) is 0 Å². The molecule has 1 heterocycles. The molecule has 0 radical (unpaired) electrons. The van der Waals surface area contributed by atoms with Crippen LogP contribution >= 0.6 is 0 Å². The number of carboxylic acid groups (broad SMARTS) is 1. The van der Waals surface area contributed by atoms with Gasteiger partial charge in [-0.3, -0.25) is 9.69 Å². The van der Waals surface area contributed by atoms with Gasteiger partial charge in [0.1, 0.15) is 11.8 Å². The number of benzene rings is 1. The number of likely N-dealkylation sites (tertiary alicyclic amines) is 1. The molecule has 1 aliphatic heterocycles. The Balaban J connectivity index is 2.18. The van der Waals surface area contributed by atoms with Crippen LogP contribution < -0.4 is 4.74 Å². The van der Waals surface area contributed by atoms with Crippen LogP contribution in [0.1, 0.15) is 24.0 Å². The molecule has 0 aromatic heterocycles. The predicted octanol–water partition coefficient (Wildman–Crippen LogP) is 2.05. The van der Waals surface area contributed by atoms with E-state index in [-0.39, 0.29) is 6.04 Å². The molecule has 0 amide bonds. The van der Waals surface area contributed by atoms with Crippen LogP contribution in [0.25, 0.3) is 0 Å². The van der Waals surface area contributed by atoms with Crippen LogP contribution in [0.15, 0.2) is 18.2 Å². The smallest absolute Gasteiger partial charge is 0.320 e. The standard InChI is InChI=1S/C14H19NO3/c1-10-5-6-13(18-2)11(8-10)9-15-7-3-4-12(15)14(16)17/h5-6,8,12H,3-4,7,9H2,1-2H3,(H,16,17). The molecule has 1 atom stereocenters. The fraction of sp³-hybridized carbons (Fsp3) is 0.500. The number of nitrogens with zero attached hydrogens (tertiary/aromatic N) is 1. The van der Waals surface area contributed by atoms with E-state index >= 15 is 0 Å². The number of carbonyl (C=O) groups is 1. The van der Waals surface area contributed by atoms with Crippen molar-refractivity contribution in [1.29, 1.82) is 0 Å². The van der Waals surface area contributed by atoms with Crippen LogP contribution in [-0.2, 0) is 11.3 Å². The molecule has 4 nitrogen and oxygen atoms in total. The molecule has 4 heteroatoms. The van der Waals surface area contributed by atoms with E-state index in [0.717, 1.165) is 36.3 Å². The van der Waals surface area contributed by atoms with Gasteiger partial charge in [-0.15, -0.1) is 0 Å². The van der Waals surface area contributed by atoms with Gasteiger partial charge in [0.2, 0.25) is 0 Å². The Hall–Kier alpha value is -1.55. The molecule has 1 unspecified atom stereocenters. The number of methoxy groups -OCH3 is 1. The van der Waals surface area contributed by atoms with Crippen molar-refractivity contribution in [3.8, 4) is 5.75 Å². The van der Waals surface area contributed by atoms with Crippen LogP contribution in [0.4, 0.5) is 0 Å². The number of aliphatic carboxylic acids is 1. The summed E-state index contributed by atoms with van der Waals surface area (Å²) in [7, 11) is 1.65. The van der Waals surface area contributed by atoms with E-state index in [4.69, 9.17) is 9.84 Å². The fourth-order valence-corrected chi connectivity index (χ4v) is 2.54. The third-order valence-electron chi connectivity index (χ3n) is 3.46. The van der Waals surface area contributed by atoms with Crippen LogP contribution in [0.2, 0.25) is 0 Å². The molecule has 1 aromatic rings. The summed E-state index contributed by atoms with van der Waals surface area (Å²) in [5, 5.41) is 9.17. The fourth-order valence-electron chi connectivity index (χ4n) is 2.54. The third kappa shape index (κ3) is 2.64. The summed E-state index contributed by atoms with van der Waals surface area (Å²) in [5.41, 5.74) is 2.22. The van der Waals surface area contributed by atoms with Gasteiger partial charge in [0, 0.05) is 12.1 Å². The second-order valence-corrected chi connectivity index (χ2v) is 4.78. The number of rotatable bonds is 4. The minimum Gasteiger partial charge on any atom is -0.496 e. The monoisotopic (exact) mass is 249 g/mol. The van der Waals surface area contributed by atoms with Gasteiger partial charge in [0.05, 0.1) is 7.11 Å². The molecule has 1 aromatic carbocycles. The average molecular weight is 249 g/mol. The van der Waals surface area contributed by atoms with Crippen molar-refractivity contribution in [1.82, 2.24) is 4.90 Å². The van der Waals surface area contributed by atoms with Crippen molar-refractivity contribution in [2.24, 2.45) is 0 Å². The van der Waals surface area contributed by atoms with E-state index in [2.05, 4.69) is 6.07 Å². The van der Waals surface area contributed by atoms with Gasteiger partial charge in [0.15, 0.2) is 0 Å². The van der Waals surface area contributed by atoms with Gasteiger partial charge in [-0.1, -0.05) is 17.7 Å². The van der Waals surface area contributed by atoms with E-state index in [9.17, 15) is 4.79 Å². The van der Waals surface area contributed by atoms with Crippen LogP contribution in [0, 0.1) is 6.92 Å². The highest BCUT2D eigenvalue weighted by Gasteiger charge is 2.30. The molecular weight excluding hydrogens is 230 g/mol.